The molecule has 1 amide bonds. The van der Waals surface area contributed by atoms with Crippen molar-refractivity contribution >= 4 is 51.8 Å². The zero-order valence-corrected chi connectivity index (χ0v) is 19.7. The summed E-state index contributed by atoms with van der Waals surface area (Å²) in [7, 11) is 1.38. The maximum absolute atomic E-state index is 14.4. The average molecular weight is 524 g/mol. The van der Waals surface area contributed by atoms with Crippen LogP contribution >= 0.6 is 23.2 Å². The van der Waals surface area contributed by atoms with Crippen molar-refractivity contribution in [3.05, 3.63) is 81.3 Å². The molecule has 1 unspecified atom stereocenters. The summed E-state index contributed by atoms with van der Waals surface area (Å²) in [6.45, 7) is 0.138. The second-order valence-corrected chi connectivity index (χ2v) is 8.55. The average Bonchev–Trinajstić information content (AvgIpc) is 3.27. The highest BCUT2D eigenvalue weighted by atomic mass is 35.5. The summed E-state index contributed by atoms with van der Waals surface area (Å²) in [4.78, 5) is 22.4. The molecule has 11 heteroatoms. The molecule has 182 valence electrons. The zero-order valence-electron chi connectivity index (χ0n) is 18.2. The normalized spacial score (nSPS) is 17.9. The molecular weight excluding hydrogens is 506 g/mol. The highest BCUT2D eigenvalue weighted by Gasteiger charge is 2.62. The minimum absolute atomic E-state index is 0.0459. The number of hydrogen-bond donors (Lipinski definition) is 1. The molecule has 6 nitrogen and oxygen atoms in total. The van der Waals surface area contributed by atoms with E-state index in [0.29, 0.717) is 21.9 Å². The van der Waals surface area contributed by atoms with Crippen LogP contribution in [0.4, 0.5) is 13.2 Å². The van der Waals surface area contributed by atoms with E-state index in [-0.39, 0.29) is 33.8 Å². The van der Waals surface area contributed by atoms with E-state index in [9.17, 15) is 18.0 Å². The number of oxime groups is 2. The number of carbonyl (C=O) groups excluding carboxylic acids is 1. The van der Waals surface area contributed by atoms with Gasteiger partial charge in [-0.25, -0.2) is 0 Å². The maximum Gasteiger partial charge on any atom is 0.435 e. The molecule has 0 fully saturated rings. The summed E-state index contributed by atoms with van der Waals surface area (Å²) >= 11 is 12.0. The van der Waals surface area contributed by atoms with Gasteiger partial charge in [-0.3, -0.25) is 4.79 Å². The second kappa shape index (κ2) is 9.75. The molecule has 0 spiro atoms. The third-order valence-corrected chi connectivity index (χ3v) is 5.96. The van der Waals surface area contributed by atoms with Crippen LogP contribution < -0.4 is 5.32 Å². The topological polar surface area (TPSA) is 72.3 Å². The van der Waals surface area contributed by atoms with Crippen LogP contribution in [0.15, 0.2) is 64.9 Å². The van der Waals surface area contributed by atoms with Crippen LogP contribution in [0.5, 0.6) is 0 Å². The Hall–Kier alpha value is -3.30. The third kappa shape index (κ3) is 4.78. The lowest BCUT2D eigenvalue weighted by Gasteiger charge is -2.29. The fourth-order valence-electron chi connectivity index (χ4n) is 3.93. The quantitative estimate of drug-likeness (QED) is 0.313. The SMILES string of the molecule is CO/N=C/CNC(=O)c1ccc(C2=NOC(c3cc(Cl)cc(Cl)c3)(C(F)(F)F)C2)c2ccccc12. The lowest BCUT2D eigenvalue weighted by atomic mass is 9.85. The van der Waals surface area contributed by atoms with Crippen LogP contribution in [0, 0.1) is 0 Å². The fourth-order valence-corrected chi connectivity index (χ4v) is 4.46. The van der Waals surface area contributed by atoms with Gasteiger partial charge in [0, 0.05) is 33.2 Å². The van der Waals surface area contributed by atoms with E-state index in [1.54, 1.807) is 30.3 Å². The largest absolute Gasteiger partial charge is 0.435 e. The summed E-state index contributed by atoms with van der Waals surface area (Å²) in [5, 5.41) is 11.3. The fraction of sp³-hybridized carbons (Fsp3) is 0.208. The summed E-state index contributed by atoms with van der Waals surface area (Å²) in [6, 6.07) is 13.6. The Morgan fingerprint density at radius 1 is 1.17 bits per heavy atom. The van der Waals surface area contributed by atoms with Crippen molar-refractivity contribution in [3.8, 4) is 0 Å². The van der Waals surface area contributed by atoms with Crippen molar-refractivity contribution in [2.24, 2.45) is 10.3 Å². The molecule has 35 heavy (non-hydrogen) atoms. The van der Waals surface area contributed by atoms with Crippen molar-refractivity contribution in [1.82, 2.24) is 5.32 Å². The van der Waals surface area contributed by atoms with Gasteiger partial charge in [0.05, 0.1) is 18.5 Å². The van der Waals surface area contributed by atoms with E-state index >= 15 is 0 Å². The monoisotopic (exact) mass is 523 g/mol. The third-order valence-electron chi connectivity index (χ3n) is 5.53. The molecule has 0 bridgehead atoms. The van der Waals surface area contributed by atoms with Crippen LogP contribution in [0.25, 0.3) is 10.8 Å². The zero-order chi connectivity index (χ0) is 25.2. The molecule has 1 N–H and O–H groups in total. The Labute approximate surface area is 208 Å². The molecular formula is C24H18Cl2F3N3O3. The van der Waals surface area contributed by atoms with Crippen LogP contribution in [-0.2, 0) is 15.3 Å². The Balaban J connectivity index is 1.73. The van der Waals surface area contributed by atoms with E-state index in [1.165, 1.54) is 25.5 Å². The van der Waals surface area contributed by atoms with Crippen LogP contribution in [0.3, 0.4) is 0 Å². The first-order chi connectivity index (χ1) is 16.7. The predicted molar refractivity (Wildman–Crippen MR) is 128 cm³/mol. The van der Waals surface area contributed by atoms with Crippen molar-refractivity contribution in [2.45, 2.75) is 18.2 Å². The smallest absolute Gasteiger partial charge is 0.399 e. The van der Waals surface area contributed by atoms with Gasteiger partial charge in [0.1, 0.15) is 7.11 Å². The number of nitrogens with zero attached hydrogens (tertiary/aromatic N) is 2. The molecule has 4 rings (SSSR count). The number of nitrogens with one attached hydrogen (secondary N) is 1. The summed E-state index contributed by atoms with van der Waals surface area (Å²) in [6.07, 6.45) is -4.03. The Bertz CT molecular complexity index is 1320. The minimum atomic E-state index is -4.81. The maximum atomic E-state index is 14.4. The molecule has 1 atom stereocenters. The van der Waals surface area contributed by atoms with E-state index in [1.807, 2.05) is 0 Å². The number of fused-ring (bicyclic) bond motifs is 1. The van der Waals surface area contributed by atoms with Crippen molar-refractivity contribution in [1.29, 1.82) is 0 Å². The van der Waals surface area contributed by atoms with E-state index < -0.39 is 18.2 Å². The molecule has 0 aliphatic carbocycles. The highest BCUT2D eigenvalue weighted by molar-refractivity contribution is 6.34. The highest BCUT2D eigenvalue weighted by Crippen LogP contribution is 2.50. The van der Waals surface area contributed by atoms with Gasteiger partial charge in [-0.1, -0.05) is 63.8 Å². The van der Waals surface area contributed by atoms with Crippen LogP contribution in [0.1, 0.15) is 27.9 Å². The lowest BCUT2D eigenvalue weighted by molar-refractivity contribution is -0.275. The molecule has 0 saturated heterocycles. The number of amides is 1. The first-order valence-electron chi connectivity index (χ1n) is 10.3. The molecule has 3 aromatic rings. The number of halogens is 5. The van der Waals surface area contributed by atoms with Crippen LogP contribution in [-0.4, -0.2) is 37.7 Å². The second-order valence-electron chi connectivity index (χ2n) is 7.68. The van der Waals surface area contributed by atoms with Gasteiger partial charge >= 0.3 is 6.18 Å². The molecule has 1 aliphatic rings. The van der Waals surface area contributed by atoms with Crippen molar-refractivity contribution < 1.29 is 27.6 Å². The Kier molecular flexibility index (Phi) is 6.91. The molecule has 1 heterocycles. The van der Waals surface area contributed by atoms with Gasteiger partial charge in [-0.2, -0.15) is 13.2 Å². The molecule has 0 saturated carbocycles. The molecule has 0 aromatic heterocycles. The number of alkyl halides is 3. The van der Waals surface area contributed by atoms with Gasteiger partial charge in [-0.15, -0.1) is 0 Å². The summed E-state index contributed by atoms with van der Waals surface area (Å²) in [5.41, 5.74) is -2.17. The summed E-state index contributed by atoms with van der Waals surface area (Å²) < 4.78 is 43.1. The first-order valence-corrected chi connectivity index (χ1v) is 11.1. The van der Waals surface area contributed by atoms with E-state index in [4.69, 9.17) is 28.0 Å². The van der Waals surface area contributed by atoms with Gasteiger partial charge in [0.2, 0.25) is 0 Å². The molecule has 1 aliphatic heterocycles. The minimum Gasteiger partial charge on any atom is -0.399 e. The van der Waals surface area contributed by atoms with Crippen LogP contribution in [0.2, 0.25) is 10.0 Å². The first kappa shape index (κ1) is 24.8. The predicted octanol–water partition coefficient (Wildman–Crippen LogP) is 6.09. The number of carbonyl (C=O) groups is 1. The van der Waals surface area contributed by atoms with E-state index in [2.05, 4.69) is 20.5 Å². The number of benzene rings is 3. The van der Waals surface area contributed by atoms with Crippen molar-refractivity contribution in [2.75, 3.05) is 13.7 Å². The van der Waals surface area contributed by atoms with Gasteiger partial charge in [0.15, 0.2) is 0 Å². The van der Waals surface area contributed by atoms with E-state index in [0.717, 1.165) is 12.1 Å². The van der Waals surface area contributed by atoms with Gasteiger partial charge < -0.3 is 15.0 Å². The number of hydrogen-bond acceptors (Lipinski definition) is 5. The standard InChI is InChI=1S/C24H18Cl2F3N3O3/c1-34-31-9-8-30-22(33)20-7-6-19(17-4-2-3-5-18(17)20)21-13-23(35-32-21,24(27,28)29)14-10-15(25)12-16(26)11-14/h2-7,9-12H,8,13H2,1H3,(H,30,33)/b31-9+. The lowest BCUT2D eigenvalue weighted by Crippen LogP contribution is -2.42. The Morgan fingerprint density at radius 2 is 1.86 bits per heavy atom. The Morgan fingerprint density at radius 3 is 2.51 bits per heavy atom. The molecule has 0 radical (unpaired) electrons. The van der Waals surface area contributed by atoms with Gasteiger partial charge in [-0.05, 0) is 35.0 Å². The molecule has 3 aromatic carbocycles. The van der Waals surface area contributed by atoms with Crippen molar-refractivity contribution in [3.63, 3.8) is 0 Å². The summed E-state index contributed by atoms with van der Waals surface area (Å²) in [5.74, 6) is -0.377. The number of rotatable bonds is 6. The van der Waals surface area contributed by atoms with Gasteiger partial charge in [0.25, 0.3) is 11.5 Å².